The van der Waals surface area contributed by atoms with E-state index in [4.69, 9.17) is 4.74 Å². The molecule has 0 fully saturated rings. The number of rotatable bonds is 4. The predicted octanol–water partition coefficient (Wildman–Crippen LogP) is 3.57. The van der Waals surface area contributed by atoms with Crippen LogP contribution >= 0.6 is 0 Å². The van der Waals surface area contributed by atoms with Gasteiger partial charge < -0.3 is 9.75 Å². The van der Waals surface area contributed by atoms with Gasteiger partial charge in [-0.05, 0) is 24.1 Å². The van der Waals surface area contributed by atoms with E-state index >= 15 is 0 Å². The normalized spacial score (nSPS) is 10.8. The number of nitrogens with zero attached hydrogens (tertiary/aromatic N) is 2. The Kier molecular flexibility index (Phi) is 4.41. The zero-order valence-corrected chi connectivity index (χ0v) is 12.4. The summed E-state index contributed by atoms with van der Waals surface area (Å²) in [5.74, 6) is 0.827. The molecule has 0 bridgehead atoms. The van der Waals surface area contributed by atoms with E-state index in [-0.39, 0.29) is 0 Å². The molecule has 0 saturated carbocycles. The molecule has 0 aliphatic rings. The number of aryl methyl sites for hydroxylation is 1. The van der Waals surface area contributed by atoms with Gasteiger partial charge in [0.2, 0.25) is 0 Å². The first kappa shape index (κ1) is 14.1. The minimum absolute atomic E-state index is 0.827. The first-order valence-electron chi connectivity index (χ1n) is 6.57. The molecule has 2 rings (SSSR count). The first-order chi connectivity index (χ1) is 9.61. The zero-order valence-electron chi connectivity index (χ0n) is 12.4. The Morgan fingerprint density at radius 3 is 2.35 bits per heavy atom. The van der Waals surface area contributed by atoms with Crippen LogP contribution in [0.4, 0.5) is 0 Å². The average molecular weight is 268 g/mol. The van der Waals surface area contributed by atoms with Crippen LogP contribution in [0, 0.1) is 6.92 Å². The fourth-order valence-electron chi connectivity index (χ4n) is 2.01. The number of benzene rings is 2. The molecule has 104 valence electrons. The van der Waals surface area contributed by atoms with Crippen molar-refractivity contribution in [1.82, 2.24) is 5.01 Å². The fraction of sp³-hybridized carbons (Fsp3) is 0.235. The standard InChI is InChI=1S/C17H20N2O/c1-13-8-10-14(11-9-13)15-6-5-7-17(20-4)16(15)12-18-19(2)3/h5-12H,1-4H3/b18-12+. The van der Waals surface area contributed by atoms with E-state index in [0.717, 1.165) is 22.4 Å². The molecule has 0 amide bonds. The molecule has 3 nitrogen and oxygen atoms in total. The average Bonchev–Trinajstić information content (AvgIpc) is 2.45. The van der Waals surface area contributed by atoms with Crippen LogP contribution in [-0.4, -0.2) is 32.4 Å². The monoisotopic (exact) mass is 268 g/mol. The molecule has 0 heterocycles. The summed E-state index contributed by atoms with van der Waals surface area (Å²) in [5, 5.41) is 6.10. The van der Waals surface area contributed by atoms with E-state index in [1.165, 1.54) is 5.56 Å². The molecule has 0 saturated heterocycles. The molecule has 0 unspecified atom stereocenters. The molecule has 0 radical (unpaired) electrons. The number of hydrogen-bond donors (Lipinski definition) is 0. The Morgan fingerprint density at radius 1 is 1.05 bits per heavy atom. The van der Waals surface area contributed by atoms with Gasteiger partial charge in [0, 0.05) is 19.7 Å². The quantitative estimate of drug-likeness (QED) is 0.625. The van der Waals surface area contributed by atoms with Crippen LogP contribution in [0.25, 0.3) is 11.1 Å². The molecule has 0 spiro atoms. The Hall–Kier alpha value is -2.29. The van der Waals surface area contributed by atoms with Crippen molar-refractivity contribution in [2.75, 3.05) is 21.2 Å². The fourth-order valence-corrected chi connectivity index (χ4v) is 2.01. The lowest BCUT2D eigenvalue weighted by molar-refractivity contribution is 0.413. The second kappa shape index (κ2) is 6.24. The lowest BCUT2D eigenvalue weighted by atomic mass is 9.98. The maximum absolute atomic E-state index is 5.45. The van der Waals surface area contributed by atoms with Gasteiger partial charge in [0.25, 0.3) is 0 Å². The summed E-state index contributed by atoms with van der Waals surface area (Å²) in [7, 11) is 5.48. The molecule has 0 aliphatic carbocycles. The van der Waals surface area contributed by atoms with Crippen molar-refractivity contribution in [3.63, 3.8) is 0 Å². The molecule has 20 heavy (non-hydrogen) atoms. The summed E-state index contributed by atoms with van der Waals surface area (Å²) >= 11 is 0. The molecule has 3 heteroatoms. The number of methoxy groups -OCH3 is 1. The highest BCUT2D eigenvalue weighted by Crippen LogP contribution is 2.29. The van der Waals surface area contributed by atoms with Crippen molar-refractivity contribution in [1.29, 1.82) is 0 Å². The van der Waals surface area contributed by atoms with E-state index in [2.05, 4.69) is 42.4 Å². The highest BCUT2D eigenvalue weighted by molar-refractivity contribution is 5.93. The van der Waals surface area contributed by atoms with Gasteiger partial charge in [0.1, 0.15) is 5.75 Å². The molecular weight excluding hydrogens is 248 g/mol. The summed E-state index contributed by atoms with van der Waals surface area (Å²) in [6.07, 6.45) is 1.84. The number of ether oxygens (including phenoxy) is 1. The largest absolute Gasteiger partial charge is 0.496 e. The molecule has 2 aromatic rings. The van der Waals surface area contributed by atoms with Crippen molar-refractivity contribution < 1.29 is 4.74 Å². The van der Waals surface area contributed by atoms with Crippen LogP contribution in [0.2, 0.25) is 0 Å². The van der Waals surface area contributed by atoms with Gasteiger partial charge in [0.15, 0.2) is 0 Å². The Labute approximate surface area is 120 Å². The topological polar surface area (TPSA) is 24.8 Å². The van der Waals surface area contributed by atoms with E-state index in [1.807, 2.05) is 32.4 Å². The zero-order chi connectivity index (χ0) is 14.5. The molecular formula is C17H20N2O. The van der Waals surface area contributed by atoms with E-state index in [1.54, 1.807) is 12.1 Å². The van der Waals surface area contributed by atoms with Crippen molar-refractivity contribution >= 4 is 6.21 Å². The van der Waals surface area contributed by atoms with Crippen LogP contribution in [0.5, 0.6) is 5.75 Å². The molecule has 2 aromatic carbocycles. The molecule has 0 N–H and O–H groups in total. The van der Waals surface area contributed by atoms with Crippen molar-refractivity contribution in [3.8, 4) is 16.9 Å². The third-order valence-corrected chi connectivity index (χ3v) is 3.07. The van der Waals surface area contributed by atoms with E-state index in [9.17, 15) is 0 Å². The highest BCUT2D eigenvalue weighted by Gasteiger charge is 2.09. The van der Waals surface area contributed by atoms with Crippen molar-refractivity contribution in [2.24, 2.45) is 5.10 Å². The number of hydrazone groups is 1. The van der Waals surface area contributed by atoms with Crippen LogP contribution in [-0.2, 0) is 0 Å². The summed E-state index contributed by atoms with van der Waals surface area (Å²) in [6, 6.07) is 14.5. The lowest BCUT2D eigenvalue weighted by Crippen LogP contribution is -2.03. The summed E-state index contributed by atoms with van der Waals surface area (Å²) < 4.78 is 5.45. The second-order valence-corrected chi connectivity index (χ2v) is 4.88. The predicted molar refractivity (Wildman–Crippen MR) is 84.4 cm³/mol. The van der Waals surface area contributed by atoms with Crippen molar-refractivity contribution in [3.05, 3.63) is 53.6 Å². The molecule has 0 atom stereocenters. The second-order valence-electron chi connectivity index (χ2n) is 4.88. The lowest BCUT2D eigenvalue weighted by Gasteiger charge is -2.12. The van der Waals surface area contributed by atoms with Gasteiger partial charge >= 0.3 is 0 Å². The first-order valence-corrected chi connectivity index (χ1v) is 6.57. The van der Waals surface area contributed by atoms with Crippen LogP contribution in [0.1, 0.15) is 11.1 Å². The Balaban J connectivity index is 2.54. The smallest absolute Gasteiger partial charge is 0.128 e. The van der Waals surface area contributed by atoms with Crippen LogP contribution in [0.15, 0.2) is 47.6 Å². The van der Waals surface area contributed by atoms with Crippen LogP contribution < -0.4 is 4.74 Å². The van der Waals surface area contributed by atoms with Gasteiger partial charge in [-0.1, -0.05) is 42.0 Å². The van der Waals surface area contributed by atoms with Gasteiger partial charge in [0.05, 0.1) is 13.3 Å². The minimum Gasteiger partial charge on any atom is -0.496 e. The van der Waals surface area contributed by atoms with Gasteiger partial charge in [-0.15, -0.1) is 0 Å². The summed E-state index contributed by atoms with van der Waals surface area (Å²) in [5.41, 5.74) is 4.53. The minimum atomic E-state index is 0.827. The third-order valence-electron chi connectivity index (χ3n) is 3.07. The van der Waals surface area contributed by atoms with E-state index in [0.29, 0.717) is 0 Å². The van der Waals surface area contributed by atoms with Crippen LogP contribution in [0.3, 0.4) is 0 Å². The Bertz CT molecular complexity index is 601. The van der Waals surface area contributed by atoms with Gasteiger partial charge in [-0.25, -0.2) is 0 Å². The maximum Gasteiger partial charge on any atom is 0.128 e. The highest BCUT2D eigenvalue weighted by atomic mass is 16.5. The maximum atomic E-state index is 5.45. The SMILES string of the molecule is COc1cccc(-c2ccc(C)cc2)c1/C=N/N(C)C. The number of hydrogen-bond acceptors (Lipinski definition) is 3. The van der Waals surface area contributed by atoms with Crippen molar-refractivity contribution in [2.45, 2.75) is 6.92 Å². The third kappa shape index (κ3) is 3.18. The van der Waals surface area contributed by atoms with Gasteiger partial charge in [-0.2, -0.15) is 5.10 Å². The summed E-state index contributed by atoms with van der Waals surface area (Å²) in [6.45, 7) is 2.09. The van der Waals surface area contributed by atoms with Gasteiger partial charge in [-0.3, -0.25) is 0 Å². The summed E-state index contributed by atoms with van der Waals surface area (Å²) in [4.78, 5) is 0. The van der Waals surface area contributed by atoms with E-state index < -0.39 is 0 Å². The molecule has 0 aliphatic heterocycles. The Morgan fingerprint density at radius 2 is 1.75 bits per heavy atom. The molecule has 0 aromatic heterocycles.